The van der Waals surface area contributed by atoms with Crippen molar-refractivity contribution in [3.63, 3.8) is 0 Å². The summed E-state index contributed by atoms with van der Waals surface area (Å²) >= 11 is 0. The summed E-state index contributed by atoms with van der Waals surface area (Å²) in [6.07, 6.45) is 2.68. The van der Waals surface area contributed by atoms with E-state index in [9.17, 15) is 15.0 Å². The summed E-state index contributed by atoms with van der Waals surface area (Å²) in [6, 6.07) is 5.64. The van der Waals surface area contributed by atoms with Gasteiger partial charge in [0.15, 0.2) is 0 Å². The van der Waals surface area contributed by atoms with Crippen molar-refractivity contribution in [3.05, 3.63) is 29.8 Å². The number of hydrogen-bond acceptors (Lipinski definition) is 5. The number of phenols is 1. The molecule has 116 valence electrons. The average molecular weight is 293 g/mol. The number of nitrogens with zero attached hydrogens (tertiary/aromatic N) is 1. The molecule has 0 amide bonds. The molecule has 1 aromatic carbocycles. The molecule has 1 saturated heterocycles. The van der Waals surface area contributed by atoms with Gasteiger partial charge in [0, 0.05) is 18.7 Å². The van der Waals surface area contributed by atoms with Gasteiger partial charge in [-0.2, -0.15) is 0 Å². The maximum absolute atomic E-state index is 11.4. The average Bonchev–Trinajstić information content (AvgIpc) is 2.98. The van der Waals surface area contributed by atoms with Gasteiger partial charge in [-0.25, -0.2) is 0 Å². The van der Waals surface area contributed by atoms with E-state index in [1.54, 1.807) is 18.2 Å². The van der Waals surface area contributed by atoms with Crippen LogP contribution in [0, 0.1) is 0 Å². The smallest absolute Gasteiger partial charge is 0.325 e. The minimum atomic E-state index is -0.988. The lowest BCUT2D eigenvalue weighted by molar-refractivity contribution is -0.139. The van der Waals surface area contributed by atoms with Gasteiger partial charge in [-0.05, 0) is 32.5 Å². The number of likely N-dealkylation sites (N-methyl/N-ethyl adjacent to an activating group) is 1. The summed E-state index contributed by atoms with van der Waals surface area (Å²) in [5.41, 5.74) is 0.395. The van der Waals surface area contributed by atoms with Crippen molar-refractivity contribution >= 4 is 5.97 Å². The molecular formula is C15H23N3O3. The molecule has 1 aromatic rings. The fourth-order valence-corrected chi connectivity index (χ4v) is 2.65. The predicted octanol–water partition coefficient (Wildman–Crippen LogP) is 0.749. The number of phenolic OH excluding ortho intramolecular Hbond substituents is 1. The number of carboxylic acid groups (broad SMARTS) is 1. The number of aliphatic carboxylic acids is 1. The summed E-state index contributed by atoms with van der Waals surface area (Å²) in [5.74, 6) is -0.985. The number of carbonyl (C=O) groups is 1. The Balaban J connectivity index is 1.89. The third-order valence-electron chi connectivity index (χ3n) is 3.87. The number of para-hydroxylation sites is 1. The second kappa shape index (κ2) is 7.40. The summed E-state index contributed by atoms with van der Waals surface area (Å²) in [4.78, 5) is 13.6. The molecule has 0 radical (unpaired) electrons. The van der Waals surface area contributed by atoms with Crippen LogP contribution in [0.1, 0.15) is 24.4 Å². The van der Waals surface area contributed by atoms with Crippen LogP contribution in [0.5, 0.6) is 5.75 Å². The summed E-state index contributed by atoms with van der Waals surface area (Å²) < 4.78 is 0. The van der Waals surface area contributed by atoms with Crippen molar-refractivity contribution in [2.24, 2.45) is 0 Å². The molecule has 1 fully saturated rings. The van der Waals surface area contributed by atoms with Crippen LogP contribution in [0.3, 0.4) is 0 Å². The molecule has 0 aromatic heterocycles. The van der Waals surface area contributed by atoms with E-state index in [4.69, 9.17) is 0 Å². The highest BCUT2D eigenvalue weighted by atomic mass is 16.4. The Bertz CT molecular complexity index is 475. The number of hydrogen-bond donors (Lipinski definition) is 4. The Morgan fingerprint density at radius 1 is 1.52 bits per heavy atom. The minimum Gasteiger partial charge on any atom is -0.508 e. The fraction of sp³-hybridized carbons (Fsp3) is 0.533. The minimum absolute atomic E-state index is 0.00298. The third-order valence-corrected chi connectivity index (χ3v) is 3.87. The molecule has 2 unspecified atom stereocenters. The molecular weight excluding hydrogens is 270 g/mol. The Morgan fingerprint density at radius 3 is 2.90 bits per heavy atom. The molecule has 21 heavy (non-hydrogen) atoms. The first kappa shape index (κ1) is 15.8. The van der Waals surface area contributed by atoms with Crippen molar-refractivity contribution in [2.45, 2.75) is 25.0 Å². The highest BCUT2D eigenvalue weighted by molar-refractivity contribution is 5.76. The van der Waals surface area contributed by atoms with Gasteiger partial charge in [0.05, 0.1) is 6.17 Å². The standard InChI is InChI=1S/C15H23N3O3/c1-18(13-7-4-8-16-13)10-9-17-14(15(20)21)11-5-2-3-6-12(11)19/h2-3,5-6,13-14,16-17,19H,4,7-10H2,1H3,(H,20,21). The molecule has 0 bridgehead atoms. The summed E-state index contributed by atoms with van der Waals surface area (Å²) in [6.45, 7) is 2.33. The monoisotopic (exact) mass is 293 g/mol. The van der Waals surface area contributed by atoms with E-state index >= 15 is 0 Å². The zero-order chi connectivity index (χ0) is 15.2. The van der Waals surface area contributed by atoms with E-state index in [1.807, 2.05) is 7.05 Å². The van der Waals surface area contributed by atoms with Crippen LogP contribution < -0.4 is 10.6 Å². The lowest BCUT2D eigenvalue weighted by Crippen LogP contribution is -2.43. The van der Waals surface area contributed by atoms with Crippen molar-refractivity contribution in [3.8, 4) is 5.75 Å². The SMILES string of the molecule is CN(CCNC(C(=O)O)c1ccccc1O)C1CCCN1. The molecule has 2 rings (SSSR count). The second-order valence-electron chi connectivity index (χ2n) is 5.38. The number of benzene rings is 1. The summed E-state index contributed by atoms with van der Waals surface area (Å²) in [7, 11) is 2.03. The lowest BCUT2D eigenvalue weighted by Gasteiger charge is -2.25. The highest BCUT2D eigenvalue weighted by Crippen LogP contribution is 2.23. The van der Waals surface area contributed by atoms with Crippen LogP contribution in [-0.2, 0) is 4.79 Å². The topological polar surface area (TPSA) is 84.8 Å². The molecule has 4 N–H and O–H groups in total. The molecule has 0 saturated carbocycles. The Kier molecular flexibility index (Phi) is 5.55. The molecule has 1 aliphatic rings. The number of rotatable bonds is 7. The molecule has 0 spiro atoms. The summed E-state index contributed by atoms with van der Waals surface area (Å²) in [5, 5.41) is 25.5. The molecule has 1 heterocycles. The fourth-order valence-electron chi connectivity index (χ4n) is 2.65. The number of nitrogens with one attached hydrogen (secondary N) is 2. The van der Waals surface area contributed by atoms with E-state index in [1.165, 1.54) is 12.5 Å². The zero-order valence-electron chi connectivity index (χ0n) is 12.2. The van der Waals surface area contributed by atoms with Gasteiger partial charge in [-0.15, -0.1) is 0 Å². The number of carboxylic acids is 1. The lowest BCUT2D eigenvalue weighted by atomic mass is 10.1. The van der Waals surface area contributed by atoms with Crippen LogP contribution >= 0.6 is 0 Å². The van der Waals surface area contributed by atoms with Crippen LogP contribution in [-0.4, -0.2) is 53.9 Å². The van der Waals surface area contributed by atoms with Gasteiger partial charge < -0.3 is 15.5 Å². The van der Waals surface area contributed by atoms with Gasteiger partial charge in [0.1, 0.15) is 11.8 Å². The van der Waals surface area contributed by atoms with Crippen molar-refractivity contribution in [1.29, 1.82) is 0 Å². The van der Waals surface area contributed by atoms with E-state index in [0.29, 0.717) is 18.3 Å². The normalized spacial score (nSPS) is 19.8. The van der Waals surface area contributed by atoms with Crippen molar-refractivity contribution in [2.75, 3.05) is 26.7 Å². The number of aromatic hydroxyl groups is 1. The molecule has 6 nitrogen and oxygen atoms in total. The Hall–Kier alpha value is -1.63. The van der Waals surface area contributed by atoms with Crippen molar-refractivity contribution in [1.82, 2.24) is 15.5 Å². The molecule has 6 heteroatoms. The predicted molar refractivity (Wildman–Crippen MR) is 80.1 cm³/mol. The highest BCUT2D eigenvalue weighted by Gasteiger charge is 2.23. The van der Waals surface area contributed by atoms with E-state index < -0.39 is 12.0 Å². The van der Waals surface area contributed by atoms with Gasteiger partial charge >= 0.3 is 5.97 Å². The third kappa shape index (κ3) is 4.17. The zero-order valence-corrected chi connectivity index (χ0v) is 12.2. The largest absolute Gasteiger partial charge is 0.508 e. The van der Waals surface area contributed by atoms with Crippen LogP contribution in [0.2, 0.25) is 0 Å². The van der Waals surface area contributed by atoms with E-state index in [0.717, 1.165) is 19.5 Å². The van der Waals surface area contributed by atoms with Crippen LogP contribution in [0.15, 0.2) is 24.3 Å². The maximum Gasteiger partial charge on any atom is 0.325 e. The van der Waals surface area contributed by atoms with E-state index in [-0.39, 0.29) is 5.75 Å². The van der Waals surface area contributed by atoms with Gasteiger partial charge in [-0.3, -0.25) is 15.0 Å². The molecule has 0 aliphatic carbocycles. The van der Waals surface area contributed by atoms with Gasteiger partial charge in [-0.1, -0.05) is 18.2 Å². The molecule has 1 aliphatic heterocycles. The maximum atomic E-state index is 11.4. The first-order chi connectivity index (χ1) is 10.1. The first-order valence-corrected chi connectivity index (χ1v) is 7.27. The van der Waals surface area contributed by atoms with Gasteiger partial charge in [0.25, 0.3) is 0 Å². The van der Waals surface area contributed by atoms with Crippen LogP contribution in [0.25, 0.3) is 0 Å². The molecule has 2 atom stereocenters. The Labute approximate surface area is 124 Å². The Morgan fingerprint density at radius 2 is 2.29 bits per heavy atom. The quantitative estimate of drug-likeness (QED) is 0.594. The van der Waals surface area contributed by atoms with Crippen molar-refractivity contribution < 1.29 is 15.0 Å². The van der Waals surface area contributed by atoms with E-state index in [2.05, 4.69) is 15.5 Å². The van der Waals surface area contributed by atoms with Crippen LogP contribution in [0.4, 0.5) is 0 Å². The van der Waals surface area contributed by atoms with Gasteiger partial charge in [0.2, 0.25) is 0 Å². The second-order valence-corrected chi connectivity index (χ2v) is 5.38. The first-order valence-electron chi connectivity index (χ1n) is 7.27.